The highest BCUT2D eigenvalue weighted by Crippen LogP contribution is 2.31. The highest BCUT2D eigenvalue weighted by molar-refractivity contribution is 6.07. The van der Waals surface area contributed by atoms with Crippen molar-refractivity contribution in [3.63, 3.8) is 0 Å². The smallest absolute Gasteiger partial charge is 0.323 e. The molecule has 3 N–H and O–H groups in total. The summed E-state index contributed by atoms with van der Waals surface area (Å²) in [6, 6.07) is 12.6. The number of urea groups is 1. The Morgan fingerprint density at radius 3 is 2.30 bits per heavy atom. The normalized spacial score (nSPS) is 10.5. The Hall–Kier alpha value is -4.47. The summed E-state index contributed by atoms with van der Waals surface area (Å²) in [5.74, 6) is 0.0666. The summed E-state index contributed by atoms with van der Waals surface area (Å²) in [6.07, 6.45) is 1.35. The topological polar surface area (TPSA) is 97.4 Å². The molecule has 0 atom stereocenters. The lowest BCUT2D eigenvalue weighted by molar-refractivity contribution is 0.262. The van der Waals surface area contributed by atoms with Crippen LogP contribution in [0.15, 0.2) is 60.9 Å². The van der Waals surface area contributed by atoms with E-state index in [1.807, 2.05) is 0 Å². The number of amides is 2. The maximum Gasteiger partial charge on any atom is 0.323 e. The van der Waals surface area contributed by atoms with Gasteiger partial charge in [0.15, 0.2) is 0 Å². The maximum absolute atomic E-state index is 13.8. The maximum atomic E-state index is 13.8. The van der Waals surface area contributed by atoms with Gasteiger partial charge in [0.2, 0.25) is 0 Å². The first-order chi connectivity index (χ1) is 16.0. The third kappa shape index (κ3) is 4.90. The molecule has 4 rings (SSSR count). The molecule has 0 saturated heterocycles. The number of ether oxygens (including phenoxy) is 2. The molecular weight excluding hydrogens is 432 g/mol. The number of rotatable bonds is 6. The van der Waals surface area contributed by atoms with E-state index < -0.39 is 17.7 Å². The summed E-state index contributed by atoms with van der Waals surface area (Å²) >= 11 is 0. The third-order valence-corrected chi connectivity index (χ3v) is 4.71. The zero-order valence-electron chi connectivity index (χ0n) is 17.6. The summed E-state index contributed by atoms with van der Waals surface area (Å²) in [7, 11) is 3.11. The minimum Gasteiger partial charge on any atom is -0.497 e. The number of halogens is 2. The molecule has 0 saturated carbocycles. The van der Waals surface area contributed by atoms with Gasteiger partial charge < -0.3 is 25.4 Å². The van der Waals surface area contributed by atoms with Crippen molar-refractivity contribution in [2.75, 3.05) is 30.2 Å². The summed E-state index contributed by atoms with van der Waals surface area (Å²) in [4.78, 5) is 21.0. The van der Waals surface area contributed by atoms with E-state index in [-0.39, 0.29) is 5.69 Å². The van der Waals surface area contributed by atoms with Crippen LogP contribution in [-0.2, 0) is 0 Å². The van der Waals surface area contributed by atoms with Gasteiger partial charge in [0.25, 0.3) is 0 Å². The molecule has 10 heteroatoms. The fraction of sp³-hybridized carbons (Fsp3) is 0.0870. The second-order valence-electron chi connectivity index (χ2n) is 6.85. The van der Waals surface area contributed by atoms with Crippen molar-refractivity contribution in [3.8, 4) is 11.5 Å². The minimum atomic E-state index is -0.884. The molecule has 1 heterocycles. The summed E-state index contributed by atoms with van der Waals surface area (Å²) < 4.78 is 37.5. The lowest BCUT2D eigenvalue weighted by Crippen LogP contribution is -2.20. The number of benzene rings is 3. The number of para-hydroxylation sites is 1. The van der Waals surface area contributed by atoms with Gasteiger partial charge in [-0.1, -0.05) is 6.07 Å². The first kappa shape index (κ1) is 21.8. The fourth-order valence-electron chi connectivity index (χ4n) is 3.17. The molecule has 33 heavy (non-hydrogen) atoms. The van der Waals surface area contributed by atoms with Crippen LogP contribution in [0.3, 0.4) is 0 Å². The van der Waals surface area contributed by atoms with Crippen LogP contribution in [0.4, 0.5) is 36.5 Å². The molecule has 0 bridgehead atoms. The highest BCUT2D eigenvalue weighted by Gasteiger charge is 2.13. The molecule has 0 radical (unpaired) electrons. The number of carbonyl (C=O) groups is 1. The second kappa shape index (κ2) is 9.35. The van der Waals surface area contributed by atoms with E-state index in [9.17, 15) is 13.6 Å². The van der Waals surface area contributed by atoms with Crippen molar-refractivity contribution in [1.82, 2.24) is 9.97 Å². The van der Waals surface area contributed by atoms with E-state index >= 15 is 0 Å². The van der Waals surface area contributed by atoms with Crippen LogP contribution < -0.4 is 25.4 Å². The Labute approximate surface area is 187 Å². The average Bonchev–Trinajstić information content (AvgIpc) is 2.81. The van der Waals surface area contributed by atoms with E-state index in [0.29, 0.717) is 45.7 Å². The monoisotopic (exact) mass is 451 g/mol. The molecule has 0 aliphatic rings. The Kier molecular flexibility index (Phi) is 6.16. The van der Waals surface area contributed by atoms with Crippen LogP contribution in [0.25, 0.3) is 10.9 Å². The van der Waals surface area contributed by atoms with Crippen molar-refractivity contribution >= 4 is 39.8 Å². The van der Waals surface area contributed by atoms with E-state index in [2.05, 4.69) is 25.9 Å². The van der Waals surface area contributed by atoms with Gasteiger partial charge in [0, 0.05) is 35.3 Å². The largest absolute Gasteiger partial charge is 0.497 e. The number of nitrogens with zero attached hydrogens (tertiary/aromatic N) is 2. The predicted octanol–water partition coefficient (Wildman–Crippen LogP) is 5.31. The van der Waals surface area contributed by atoms with Gasteiger partial charge >= 0.3 is 6.03 Å². The van der Waals surface area contributed by atoms with Crippen molar-refractivity contribution < 1.29 is 23.0 Å². The van der Waals surface area contributed by atoms with Crippen LogP contribution >= 0.6 is 0 Å². The van der Waals surface area contributed by atoms with Crippen molar-refractivity contribution in [1.29, 1.82) is 0 Å². The number of methoxy groups -OCH3 is 2. The third-order valence-electron chi connectivity index (χ3n) is 4.71. The number of anilines is 4. The number of nitrogens with one attached hydrogen (secondary N) is 3. The Morgan fingerprint density at radius 1 is 0.879 bits per heavy atom. The average molecular weight is 451 g/mol. The number of fused-ring (bicyclic) bond motifs is 1. The van der Waals surface area contributed by atoms with Crippen LogP contribution in [0, 0.1) is 11.6 Å². The Morgan fingerprint density at radius 2 is 1.61 bits per heavy atom. The summed E-state index contributed by atoms with van der Waals surface area (Å²) in [6.45, 7) is 0. The van der Waals surface area contributed by atoms with Crippen molar-refractivity contribution in [2.45, 2.75) is 0 Å². The zero-order chi connectivity index (χ0) is 23.4. The van der Waals surface area contributed by atoms with Gasteiger partial charge in [0.1, 0.15) is 35.3 Å². The molecule has 2 amide bonds. The van der Waals surface area contributed by atoms with Gasteiger partial charge in [-0.3, -0.25) is 0 Å². The van der Waals surface area contributed by atoms with Crippen LogP contribution in [0.1, 0.15) is 0 Å². The minimum absolute atomic E-state index is 0.155. The molecular formula is C23H19F2N5O3. The molecule has 4 aromatic rings. The van der Waals surface area contributed by atoms with Gasteiger partial charge in [-0.05, 0) is 24.3 Å². The quantitative estimate of drug-likeness (QED) is 0.367. The Bertz CT molecular complexity index is 1310. The molecule has 0 aliphatic carbocycles. The number of carbonyl (C=O) groups excluding carboxylic acids is 1. The molecule has 0 spiro atoms. The van der Waals surface area contributed by atoms with E-state index in [1.54, 1.807) is 50.6 Å². The molecule has 0 aliphatic heterocycles. The molecule has 168 valence electrons. The standard InChI is InChI=1S/C23H19F2N5O3/c1-32-15-9-14(10-16(11-15)33-2)28-22-17-4-3-5-20(21(17)26-12-27-22)30-23(31)29-19-7-6-13(24)8-18(19)25/h3-12H,1-2H3,(H,26,27,28)(H2,29,30,31). The van der Waals surface area contributed by atoms with Crippen LogP contribution in [0.5, 0.6) is 11.5 Å². The second-order valence-corrected chi connectivity index (χ2v) is 6.85. The zero-order valence-corrected chi connectivity index (χ0v) is 17.6. The lowest BCUT2D eigenvalue weighted by atomic mass is 10.2. The molecule has 8 nitrogen and oxygen atoms in total. The van der Waals surface area contributed by atoms with Gasteiger partial charge in [0.05, 0.1) is 31.1 Å². The van der Waals surface area contributed by atoms with Crippen molar-refractivity contribution in [2.24, 2.45) is 0 Å². The van der Waals surface area contributed by atoms with Crippen LogP contribution in [0.2, 0.25) is 0 Å². The summed E-state index contributed by atoms with van der Waals surface area (Å²) in [5.41, 5.74) is 1.35. The molecule has 1 aromatic heterocycles. The van der Waals surface area contributed by atoms with Gasteiger partial charge in [-0.15, -0.1) is 0 Å². The van der Waals surface area contributed by atoms with Gasteiger partial charge in [-0.25, -0.2) is 23.5 Å². The molecule has 3 aromatic carbocycles. The lowest BCUT2D eigenvalue weighted by Gasteiger charge is -2.13. The SMILES string of the molecule is COc1cc(Nc2ncnc3c(NC(=O)Nc4ccc(F)cc4F)cccc23)cc(OC)c1. The van der Waals surface area contributed by atoms with E-state index in [4.69, 9.17) is 9.47 Å². The summed E-state index contributed by atoms with van der Waals surface area (Å²) in [5, 5.41) is 8.82. The van der Waals surface area contributed by atoms with Gasteiger partial charge in [-0.2, -0.15) is 0 Å². The Balaban J connectivity index is 1.61. The van der Waals surface area contributed by atoms with Crippen LogP contribution in [-0.4, -0.2) is 30.2 Å². The first-order valence-electron chi connectivity index (χ1n) is 9.73. The molecule has 0 unspecified atom stereocenters. The number of aromatic nitrogens is 2. The van der Waals surface area contributed by atoms with E-state index in [1.165, 1.54) is 6.33 Å². The predicted molar refractivity (Wildman–Crippen MR) is 121 cm³/mol. The first-order valence-corrected chi connectivity index (χ1v) is 9.73. The highest BCUT2D eigenvalue weighted by atomic mass is 19.1. The molecule has 0 fully saturated rings. The van der Waals surface area contributed by atoms with Crippen molar-refractivity contribution in [3.05, 3.63) is 72.6 Å². The fourth-order valence-corrected chi connectivity index (χ4v) is 3.17. The number of hydrogen-bond donors (Lipinski definition) is 3. The van der Waals surface area contributed by atoms with E-state index in [0.717, 1.165) is 12.1 Å². The number of hydrogen-bond acceptors (Lipinski definition) is 6.